The third kappa shape index (κ3) is 7.11. The van der Waals surface area contributed by atoms with Gasteiger partial charge >= 0.3 is 0 Å². The predicted molar refractivity (Wildman–Crippen MR) is 142 cm³/mol. The maximum absolute atomic E-state index is 13.4. The maximum Gasteiger partial charge on any atom is 0.264 e. The van der Waals surface area contributed by atoms with Crippen molar-refractivity contribution in [2.24, 2.45) is 0 Å². The molecule has 3 rings (SSSR count). The standard InChI is InChI=1S/C27H32N2O3S2/c1-21-12-14-26(15-13-21)34(31,32)29(25-11-6-8-22(2)18-25)19-27(30)28-16-7-17-33-20-24-10-5-4-9-23(24)3/h4-6,8-15,18H,7,16-17,19-20H2,1-3H3,(H,28,30). The van der Waals surface area contributed by atoms with Crippen LogP contribution in [0.2, 0.25) is 0 Å². The Morgan fingerprint density at radius 3 is 2.35 bits per heavy atom. The minimum absolute atomic E-state index is 0.167. The highest BCUT2D eigenvalue weighted by Gasteiger charge is 2.27. The van der Waals surface area contributed by atoms with E-state index in [-0.39, 0.29) is 17.3 Å². The fraction of sp³-hybridized carbons (Fsp3) is 0.296. The van der Waals surface area contributed by atoms with E-state index in [0.29, 0.717) is 12.2 Å². The first kappa shape index (κ1) is 25.8. The van der Waals surface area contributed by atoms with Gasteiger partial charge < -0.3 is 5.32 Å². The van der Waals surface area contributed by atoms with Gasteiger partial charge in [-0.05, 0) is 73.9 Å². The SMILES string of the molecule is Cc1ccc(S(=O)(=O)N(CC(=O)NCCCSCc2ccccc2C)c2cccc(C)c2)cc1. The fourth-order valence-corrected chi connectivity index (χ4v) is 5.93. The Balaban J connectivity index is 1.59. The minimum atomic E-state index is -3.89. The number of benzene rings is 3. The van der Waals surface area contributed by atoms with Crippen molar-refractivity contribution in [3.8, 4) is 0 Å². The van der Waals surface area contributed by atoms with Crippen molar-refractivity contribution in [2.75, 3.05) is 23.1 Å². The Hall–Kier alpha value is -2.77. The Bertz CT molecular complexity index is 1210. The molecule has 0 bridgehead atoms. The average molecular weight is 497 g/mol. The summed E-state index contributed by atoms with van der Waals surface area (Å²) in [4.78, 5) is 12.9. The highest BCUT2D eigenvalue weighted by Crippen LogP contribution is 2.24. The van der Waals surface area contributed by atoms with Crippen molar-refractivity contribution in [1.29, 1.82) is 0 Å². The Kier molecular flexibility index (Phi) is 9.19. The quantitative estimate of drug-likeness (QED) is 0.368. The van der Waals surface area contributed by atoms with Gasteiger partial charge in [0, 0.05) is 12.3 Å². The first-order chi connectivity index (χ1) is 16.3. The number of nitrogens with zero attached hydrogens (tertiary/aromatic N) is 1. The van der Waals surface area contributed by atoms with Crippen LogP contribution in [0.1, 0.15) is 28.7 Å². The lowest BCUT2D eigenvalue weighted by atomic mass is 10.1. The molecule has 0 aliphatic rings. The van der Waals surface area contributed by atoms with Gasteiger partial charge in [-0.15, -0.1) is 0 Å². The minimum Gasteiger partial charge on any atom is -0.354 e. The monoisotopic (exact) mass is 496 g/mol. The van der Waals surface area contributed by atoms with Crippen molar-refractivity contribution in [3.05, 3.63) is 95.1 Å². The van der Waals surface area contributed by atoms with Crippen LogP contribution in [0.3, 0.4) is 0 Å². The molecule has 0 fully saturated rings. The van der Waals surface area contributed by atoms with Crippen molar-refractivity contribution >= 4 is 33.4 Å². The molecule has 0 radical (unpaired) electrons. The molecular formula is C27H32N2O3S2. The summed E-state index contributed by atoms with van der Waals surface area (Å²) in [5.74, 6) is 1.54. The van der Waals surface area contributed by atoms with Gasteiger partial charge in [-0.1, -0.05) is 54.1 Å². The molecule has 1 N–H and O–H groups in total. The Labute approximate surface area is 207 Å². The number of carbonyl (C=O) groups excluding carboxylic acids is 1. The molecule has 180 valence electrons. The van der Waals surface area contributed by atoms with Gasteiger partial charge in [0.15, 0.2) is 0 Å². The third-order valence-electron chi connectivity index (χ3n) is 5.49. The summed E-state index contributed by atoms with van der Waals surface area (Å²) >= 11 is 1.83. The number of anilines is 1. The van der Waals surface area contributed by atoms with E-state index in [1.54, 1.807) is 42.5 Å². The van der Waals surface area contributed by atoms with Gasteiger partial charge in [0.05, 0.1) is 10.6 Å². The molecule has 3 aromatic carbocycles. The molecule has 0 saturated carbocycles. The third-order valence-corrected chi connectivity index (χ3v) is 8.37. The molecule has 0 spiro atoms. The molecule has 0 atom stereocenters. The fourth-order valence-electron chi connectivity index (χ4n) is 3.48. The largest absolute Gasteiger partial charge is 0.354 e. The van der Waals surface area contributed by atoms with E-state index in [0.717, 1.165) is 29.1 Å². The summed E-state index contributed by atoms with van der Waals surface area (Å²) in [6, 6.07) is 22.2. The number of sulfonamides is 1. The van der Waals surface area contributed by atoms with Crippen LogP contribution in [0.15, 0.2) is 77.7 Å². The number of amides is 1. The van der Waals surface area contributed by atoms with Crippen LogP contribution in [0.25, 0.3) is 0 Å². The zero-order chi connectivity index (χ0) is 24.6. The molecule has 0 unspecified atom stereocenters. The average Bonchev–Trinajstić information content (AvgIpc) is 2.81. The van der Waals surface area contributed by atoms with E-state index in [1.807, 2.05) is 43.8 Å². The maximum atomic E-state index is 13.4. The van der Waals surface area contributed by atoms with Crippen LogP contribution in [0.5, 0.6) is 0 Å². The summed E-state index contributed by atoms with van der Waals surface area (Å²) < 4.78 is 28.0. The molecule has 0 saturated heterocycles. The number of rotatable bonds is 11. The smallest absolute Gasteiger partial charge is 0.264 e. The summed E-state index contributed by atoms with van der Waals surface area (Å²) in [6.07, 6.45) is 0.817. The number of carbonyl (C=O) groups is 1. The number of aryl methyl sites for hydroxylation is 3. The lowest BCUT2D eigenvalue weighted by Gasteiger charge is -2.24. The van der Waals surface area contributed by atoms with Gasteiger partial charge in [-0.25, -0.2) is 8.42 Å². The normalized spacial score (nSPS) is 11.3. The molecule has 0 aliphatic heterocycles. The predicted octanol–water partition coefficient (Wildman–Crippen LogP) is 5.25. The van der Waals surface area contributed by atoms with Gasteiger partial charge in [0.1, 0.15) is 6.54 Å². The van der Waals surface area contributed by atoms with E-state index < -0.39 is 10.0 Å². The lowest BCUT2D eigenvalue weighted by Crippen LogP contribution is -2.41. The zero-order valence-corrected chi connectivity index (χ0v) is 21.6. The molecular weight excluding hydrogens is 464 g/mol. The first-order valence-electron chi connectivity index (χ1n) is 11.3. The molecule has 0 heterocycles. The van der Waals surface area contributed by atoms with E-state index in [2.05, 4.69) is 24.4 Å². The van der Waals surface area contributed by atoms with Crippen LogP contribution >= 0.6 is 11.8 Å². The Morgan fingerprint density at radius 1 is 0.912 bits per heavy atom. The van der Waals surface area contributed by atoms with Crippen molar-refractivity contribution in [3.63, 3.8) is 0 Å². The van der Waals surface area contributed by atoms with E-state index in [4.69, 9.17) is 0 Å². The second-order valence-corrected chi connectivity index (χ2v) is 11.3. The van der Waals surface area contributed by atoms with E-state index >= 15 is 0 Å². The van der Waals surface area contributed by atoms with Crippen molar-refractivity contribution < 1.29 is 13.2 Å². The number of nitrogens with one attached hydrogen (secondary N) is 1. The van der Waals surface area contributed by atoms with Gasteiger partial charge in [0.25, 0.3) is 10.0 Å². The number of hydrogen-bond donors (Lipinski definition) is 1. The summed E-state index contributed by atoms with van der Waals surface area (Å²) in [5, 5.41) is 2.88. The number of hydrogen-bond acceptors (Lipinski definition) is 4. The second kappa shape index (κ2) is 12.1. The Morgan fingerprint density at radius 2 is 1.65 bits per heavy atom. The zero-order valence-electron chi connectivity index (χ0n) is 20.0. The van der Waals surface area contributed by atoms with E-state index in [9.17, 15) is 13.2 Å². The molecule has 7 heteroatoms. The van der Waals surface area contributed by atoms with Crippen molar-refractivity contribution in [2.45, 2.75) is 37.8 Å². The first-order valence-corrected chi connectivity index (χ1v) is 13.9. The molecule has 3 aromatic rings. The second-order valence-electron chi connectivity index (χ2n) is 8.35. The van der Waals surface area contributed by atoms with E-state index in [1.165, 1.54) is 15.4 Å². The summed E-state index contributed by atoms with van der Waals surface area (Å²) in [5.41, 5.74) is 4.98. The van der Waals surface area contributed by atoms with Crippen molar-refractivity contribution in [1.82, 2.24) is 5.32 Å². The van der Waals surface area contributed by atoms with Crippen LogP contribution in [0.4, 0.5) is 5.69 Å². The highest BCUT2D eigenvalue weighted by atomic mass is 32.2. The van der Waals surface area contributed by atoms with Gasteiger partial charge in [-0.3, -0.25) is 9.10 Å². The van der Waals surface area contributed by atoms with Gasteiger partial charge in [-0.2, -0.15) is 11.8 Å². The van der Waals surface area contributed by atoms with Crippen LogP contribution in [0, 0.1) is 20.8 Å². The molecule has 5 nitrogen and oxygen atoms in total. The summed E-state index contributed by atoms with van der Waals surface area (Å²) in [6.45, 7) is 6.15. The van der Waals surface area contributed by atoms with Crippen LogP contribution < -0.4 is 9.62 Å². The molecule has 34 heavy (non-hydrogen) atoms. The lowest BCUT2D eigenvalue weighted by molar-refractivity contribution is -0.119. The highest BCUT2D eigenvalue weighted by molar-refractivity contribution is 7.98. The summed E-state index contributed by atoms with van der Waals surface area (Å²) in [7, 11) is -3.89. The molecule has 1 amide bonds. The van der Waals surface area contributed by atoms with Gasteiger partial charge in [0.2, 0.25) is 5.91 Å². The molecule has 0 aliphatic carbocycles. The van der Waals surface area contributed by atoms with Crippen LogP contribution in [-0.4, -0.2) is 33.2 Å². The number of thioether (sulfide) groups is 1. The van der Waals surface area contributed by atoms with Crippen LogP contribution in [-0.2, 0) is 20.6 Å². The molecule has 0 aromatic heterocycles. The topological polar surface area (TPSA) is 66.5 Å².